The van der Waals surface area contributed by atoms with Gasteiger partial charge < -0.3 is 14.2 Å². The van der Waals surface area contributed by atoms with E-state index in [-0.39, 0.29) is 6.79 Å². The molecule has 0 saturated carbocycles. The Kier molecular flexibility index (Phi) is 4.33. The number of benzene rings is 2. The van der Waals surface area contributed by atoms with Crippen molar-refractivity contribution in [2.24, 2.45) is 0 Å². The lowest BCUT2D eigenvalue weighted by Gasteiger charge is -2.06. The van der Waals surface area contributed by atoms with Gasteiger partial charge in [-0.25, -0.2) is 4.79 Å². The summed E-state index contributed by atoms with van der Waals surface area (Å²) in [5.41, 5.74) is 2.06. The second-order valence-corrected chi connectivity index (χ2v) is 5.59. The molecule has 118 valence electrons. The average Bonchev–Trinajstić information content (AvgIpc) is 3.01. The molecule has 0 N–H and O–H groups in total. The number of ether oxygens (including phenoxy) is 3. The van der Waals surface area contributed by atoms with Crippen LogP contribution >= 0.6 is 0 Å². The minimum Gasteiger partial charge on any atom is -0.454 e. The molecule has 0 unspecified atom stereocenters. The molecule has 0 radical (unpaired) electrons. The van der Waals surface area contributed by atoms with E-state index in [0.29, 0.717) is 17.4 Å². The van der Waals surface area contributed by atoms with Crippen molar-refractivity contribution in [2.75, 3.05) is 6.79 Å². The summed E-state index contributed by atoms with van der Waals surface area (Å²) in [7, 11) is 0. The highest BCUT2D eigenvalue weighted by atomic mass is 16.7. The Bertz CT molecular complexity index is 730. The van der Waals surface area contributed by atoms with Gasteiger partial charge in [0.05, 0.1) is 0 Å². The first kappa shape index (κ1) is 15.2. The fraction of sp³-hybridized carbons (Fsp3) is 0.211. The molecular weight excluding hydrogens is 292 g/mol. The van der Waals surface area contributed by atoms with E-state index in [1.165, 1.54) is 11.6 Å². The molecule has 1 aliphatic rings. The molecule has 0 aliphatic carbocycles. The molecule has 0 amide bonds. The summed E-state index contributed by atoms with van der Waals surface area (Å²) in [5, 5.41) is 0. The highest BCUT2D eigenvalue weighted by molar-refractivity contribution is 5.88. The number of hydrogen-bond donors (Lipinski definition) is 0. The SMILES string of the molecule is CC(C)c1ccc(OC(=O)/C=C/c2ccc3c(c2)OCO3)cc1. The number of esters is 1. The summed E-state index contributed by atoms with van der Waals surface area (Å²) in [6.45, 7) is 4.47. The standard InChI is InChI=1S/C19H18O4/c1-13(2)15-5-7-16(8-6-15)23-19(20)10-4-14-3-9-17-18(11-14)22-12-21-17/h3-11,13H,12H2,1-2H3/b10-4+. The maximum atomic E-state index is 11.9. The Morgan fingerprint density at radius 2 is 1.83 bits per heavy atom. The van der Waals surface area contributed by atoms with E-state index >= 15 is 0 Å². The Balaban J connectivity index is 1.62. The molecule has 4 heteroatoms. The van der Waals surface area contributed by atoms with Crippen LogP contribution in [0.1, 0.15) is 30.9 Å². The van der Waals surface area contributed by atoms with Crippen LogP contribution in [0.25, 0.3) is 6.08 Å². The van der Waals surface area contributed by atoms with Gasteiger partial charge in [0.1, 0.15) is 5.75 Å². The van der Waals surface area contributed by atoms with Crippen LogP contribution in [0.15, 0.2) is 48.5 Å². The Morgan fingerprint density at radius 3 is 2.57 bits per heavy atom. The topological polar surface area (TPSA) is 44.8 Å². The molecule has 23 heavy (non-hydrogen) atoms. The molecule has 1 aliphatic heterocycles. The number of rotatable bonds is 4. The number of carbonyl (C=O) groups excluding carboxylic acids is 1. The van der Waals surface area contributed by atoms with Gasteiger partial charge in [-0.1, -0.05) is 32.0 Å². The summed E-state index contributed by atoms with van der Waals surface area (Å²) in [6.07, 6.45) is 3.08. The zero-order valence-electron chi connectivity index (χ0n) is 13.1. The number of hydrogen-bond acceptors (Lipinski definition) is 4. The molecule has 0 saturated heterocycles. The molecule has 1 heterocycles. The van der Waals surface area contributed by atoms with Gasteiger partial charge in [0.15, 0.2) is 11.5 Å². The lowest BCUT2D eigenvalue weighted by molar-refractivity contribution is -0.128. The van der Waals surface area contributed by atoms with Crippen molar-refractivity contribution in [2.45, 2.75) is 19.8 Å². The summed E-state index contributed by atoms with van der Waals surface area (Å²) < 4.78 is 15.8. The van der Waals surface area contributed by atoms with Gasteiger partial charge in [0, 0.05) is 6.08 Å². The van der Waals surface area contributed by atoms with E-state index in [1.807, 2.05) is 42.5 Å². The van der Waals surface area contributed by atoms with Gasteiger partial charge in [-0.3, -0.25) is 0 Å². The Labute approximate surface area is 135 Å². The maximum absolute atomic E-state index is 11.9. The smallest absolute Gasteiger partial charge is 0.336 e. The minimum atomic E-state index is -0.417. The second kappa shape index (κ2) is 6.57. The first-order chi connectivity index (χ1) is 11.1. The average molecular weight is 310 g/mol. The maximum Gasteiger partial charge on any atom is 0.336 e. The molecule has 2 aromatic carbocycles. The Morgan fingerprint density at radius 1 is 1.09 bits per heavy atom. The van der Waals surface area contributed by atoms with Crippen molar-refractivity contribution in [1.29, 1.82) is 0 Å². The highest BCUT2D eigenvalue weighted by Crippen LogP contribution is 2.32. The van der Waals surface area contributed by atoms with E-state index in [2.05, 4.69) is 13.8 Å². The number of fused-ring (bicyclic) bond motifs is 1. The third-order valence-corrected chi connectivity index (χ3v) is 3.57. The molecule has 0 aromatic heterocycles. The predicted octanol–water partition coefficient (Wildman–Crippen LogP) is 4.16. The quantitative estimate of drug-likeness (QED) is 0.483. The van der Waals surface area contributed by atoms with Gasteiger partial charge in [-0.15, -0.1) is 0 Å². The van der Waals surface area contributed by atoms with Gasteiger partial charge in [0.25, 0.3) is 0 Å². The molecule has 2 aromatic rings. The fourth-order valence-corrected chi connectivity index (χ4v) is 2.25. The van der Waals surface area contributed by atoms with Crippen molar-refractivity contribution < 1.29 is 19.0 Å². The van der Waals surface area contributed by atoms with E-state index in [4.69, 9.17) is 14.2 Å². The predicted molar refractivity (Wildman–Crippen MR) is 87.8 cm³/mol. The van der Waals surface area contributed by atoms with Crippen molar-refractivity contribution in [3.8, 4) is 17.2 Å². The fourth-order valence-electron chi connectivity index (χ4n) is 2.25. The molecular formula is C19H18O4. The van der Waals surface area contributed by atoms with Crippen LogP contribution in [0.4, 0.5) is 0 Å². The van der Waals surface area contributed by atoms with Crippen LogP contribution in [0, 0.1) is 0 Å². The van der Waals surface area contributed by atoms with Crippen LogP contribution in [0.2, 0.25) is 0 Å². The molecule has 0 bridgehead atoms. The zero-order chi connectivity index (χ0) is 16.2. The third kappa shape index (κ3) is 3.72. The van der Waals surface area contributed by atoms with Gasteiger partial charge >= 0.3 is 5.97 Å². The van der Waals surface area contributed by atoms with Crippen LogP contribution in [-0.2, 0) is 4.79 Å². The van der Waals surface area contributed by atoms with E-state index in [0.717, 1.165) is 11.3 Å². The van der Waals surface area contributed by atoms with Crippen molar-refractivity contribution >= 4 is 12.0 Å². The van der Waals surface area contributed by atoms with Gasteiger partial charge in [0.2, 0.25) is 6.79 Å². The molecule has 0 atom stereocenters. The highest BCUT2D eigenvalue weighted by Gasteiger charge is 2.12. The van der Waals surface area contributed by atoms with E-state index < -0.39 is 5.97 Å². The third-order valence-electron chi connectivity index (χ3n) is 3.57. The van der Waals surface area contributed by atoms with Crippen molar-refractivity contribution in [3.05, 3.63) is 59.7 Å². The molecule has 4 nitrogen and oxygen atoms in total. The van der Waals surface area contributed by atoms with Gasteiger partial charge in [-0.2, -0.15) is 0 Å². The van der Waals surface area contributed by atoms with Crippen molar-refractivity contribution in [1.82, 2.24) is 0 Å². The summed E-state index contributed by atoms with van der Waals surface area (Å²) in [5.74, 6) is 1.97. The van der Waals surface area contributed by atoms with Crippen LogP contribution in [0.3, 0.4) is 0 Å². The Hall–Kier alpha value is -2.75. The lowest BCUT2D eigenvalue weighted by Crippen LogP contribution is -2.03. The first-order valence-corrected chi connectivity index (χ1v) is 7.51. The minimum absolute atomic E-state index is 0.233. The first-order valence-electron chi connectivity index (χ1n) is 7.51. The molecule has 0 fully saturated rings. The summed E-state index contributed by atoms with van der Waals surface area (Å²) in [4.78, 5) is 11.9. The molecule has 0 spiro atoms. The normalized spacial score (nSPS) is 12.8. The van der Waals surface area contributed by atoms with Crippen molar-refractivity contribution in [3.63, 3.8) is 0 Å². The lowest BCUT2D eigenvalue weighted by atomic mass is 10.0. The van der Waals surface area contributed by atoms with Crippen LogP contribution in [0.5, 0.6) is 17.2 Å². The largest absolute Gasteiger partial charge is 0.454 e. The summed E-state index contributed by atoms with van der Waals surface area (Å²) >= 11 is 0. The number of carbonyl (C=O) groups is 1. The zero-order valence-corrected chi connectivity index (χ0v) is 13.1. The molecule has 3 rings (SSSR count). The van der Waals surface area contributed by atoms with E-state index in [9.17, 15) is 4.79 Å². The van der Waals surface area contributed by atoms with E-state index in [1.54, 1.807) is 6.08 Å². The van der Waals surface area contributed by atoms with Crippen LogP contribution < -0.4 is 14.2 Å². The monoisotopic (exact) mass is 310 g/mol. The van der Waals surface area contributed by atoms with Crippen LogP contribution in [-0.4, -0.2) is 12.8 Å². The summed E-state index contributed by atoms with van der Waals surface area (Å²) in [6, 6.07) is 13.0. The second-order valence-electron chi connectivity index (χ2n) is 5.59. The van der Waals surface area contributed by atoms with Gasteiger partial charge in [-0.05, 0) is 47.4 Å².